The number of rotatable bonds is 7. The van der Waals surface area contributed by atoms with Gasteiger partial charge in [-0.25, -0.2) is 4.79 Å². The molecule has 1 aromatic heterocycles. The average molecular weight is 319 g/mol. The molecule has 0 spiro atoms. The standard InChI is InChI=1S/C16H17NO4S/c1-2-11-3-5-12(6-4-11)17-15(18)10-22-9-13-7-8-14(21-13)16(19)20/h3-8H,2,9-10H2,1H3,(H,17,18)(H,19,20). The highest BCUT2D eigenvalue weighted by molar-refractivity contribution is 7.99. The first-order valence-electron chi connectivity index (χ1n) is 6.87. The van der Waals surface area contributed by atoms with Crippen LogP contribution in [0.3, 0.4) is 0 Å². The fourth-order valence-electron chi connectivity index (χ4n) is 1.84. The lowest BCUT2D eigenvalue weighted by Gasteiger charge is -2.05. The Labute approximate surface area is 132 Å². The number of carbonyl (C=O) groups is 2. The molecule has 0 radical (unpaired) electrons. The van der Waals surface area contributed by atoms with E-state index in [4.69, 9.17) is 9.52 Å². The lowest BCUT2D eigenvalue weighted by atomic mass is 10.1. The zero-order valence-corrected chi connectivity index (χ0v) is 13.0. The van der Waals surface area contributed by atoms with Crippen molar-refractivity contribution < 1.29 is 19.1 Å². The number of thioether (sulfide) groups is 1. The van der Waals surface area contributed by atoms with Gasteiger partial charge >= 0.3 is 5.97 Å². The molecule has 6 heteroatoms. The van der Waals surface area contributed by atoms with E-state index < -0.39 is 5.97 Å². The van der Waals surface area contributed by atoms with Gasteiger partial charge < -0.3 is 14.8 Å². The summed E-state index contributed by atoms with van der Waals surface area (Å²) in [5, 5.41) is 11.6. The molecule has 0 atom stereocenters. The summed E-state index contributed by atoms with van der Waals surface area (Å²) in [4.78, 5) is 22.5. The first-order valence-corrected chi connectivity index (χ1v) is 8.02. The van der Waals surface area contributed by atoms with E-state index in [9.17, 15) is 9.59 Å². The predicted molar refractivity (Wildman–Crippen MR) is 86.3 cm³/mol. The van der Waals surface area contributed by atoms with Crippen LogP contribution in [-0.4, -0.2) is 22.7 Å². The minimum absolute atomic E-state index is 0.0870. The predicted octanol–water partition coefficient (Wildman–Crippen LogP) is 3.41. The summed E-state index contributed by atoms with van der Waals surface area (Å²) in [6.07, 6.45) is 0.964. The molecule has 2 rings (SSSR count). The second-order valence-electron chi connectivity index (χ2n) is 4.66. The Balaban J connectivity index is 1.76. The molecule has 0 saturated heterocycles. The quantitative estimate of drug-likeness (QED) is 0.817. The Morgan fingerprint density at radius 1 is 1.18 bits per heavy atom. The van der Waals surface area contributed by atoms with Crippen molar-refractivity contribution in [3.05, 3.63) is 53.5 Å². The molecule has 1 amide bonds. The molecule has 0 aliphatic rings. The summed E-state index contributed by atoms with van der Waals surface area (Å²) in [5.74, 6) is -0.00367. The summed E-state index contributed by atoms with van der Waals surface area (Å²) < 4.78 is 5.12. The smallest absolute Gasteiger partial charge is 0.371 e. The van der Waals surface area contributed by atoms with E-state index in [1.165, 1.54) is 23.4 Å². The zero-order valence-electron chi connectivity index (χ0n) is 12.2. The van der Waals surface area contributed by atoms with Crippen LogP contribution in [0.5, 0.6) is 0 Å². The highest BCUT2D eigenvalue weighted by Crippen LogP contribution is 2.16. The van der Waals surface area contributed by atoms with E-state index in [0.29, 0.717) is 11.5 Å². The third-order valence-electron chi connectivity index (χ3n) is 3.00. The highest BCUT2D eigenvalue weighted by atomic mass is 32.2. The number of nitrogens with one attached hydrogen (secondary N) is 1. The molecule has 0 saturated carbocycles. The molecule has 5 nitrogen and oxygen atoms in total. The molecule has 116 valence electrons. The van der Waals surface area contributed by atoms with Crippen molar-refractivity contribution in [2.45, 2.75) is 19.1 Å². The Morgan fingerprint density at radius 3 is 2.50 bits per heavy atom. The largest absolute Gasteiger partial charge is 0.475 e. The number of benzene rings is 1. The molecule has 2 aromatic rings. The Morgan fingerprint density at radius 2 is 1.91 bits per heavy atom. The summed E-state index contributed by atoms with van der Waals surface area (Å²) in [6.45, 7) is 2.08. The lowest BCUT2D eigenvalue weighted by molar-refractivity contribution is -0.113. The SMILES string of the molecule is CCc1ccc(NC(=O)CSCc2ccc(C(=O)O)o2)cc1. The molecule has 1 heterocycles. The van der Waals surface area contributed by atoms with E-state index in [1.54, 1.807) is 6.07 Å². The molecule has 1 aromatic carbocycles. The van der Waals surface area contributed by atoms with Gasteiger partial charge in [0, 0.05) is 5.69 Å². The molecule has 0 aliphatic heterocycles. The number of carbonyl (C=O) groups excluding carboxylic acids is 1. The van der Waals surface area contributed by atoms with Crippen LogP contribution in [0.25, 0.3) is 0 Å². The summed E-state index contributed by atoms with van der Waals surface area (Å²) in [5.41, 5.74) is 1.99. The number of hydrogen-bond donors (Lipinski definition) is 2. The zero-order chi connectivity index (χ0) is 15.9. The van der Waals surface area contributed by atoms with Gasteiger partial charge in [0.1, 0.15) is 5.76 Å². The number of aryl methyl sites for hydroxylation is 1. The van der Waals surface area contributed by atoms with Crippen molar-refractivity contribution in [1.82, 2.24) is 0 Å². The summed E-state index contributed by atoms with van der Waals surface area (Å²) in [7, 11) is 0. The topological polar surface area (TPSA) is 79.5 Å². The Kier molecular flexibility index (Phi) is 5.66. The van der Waals surface area contributed by atoms with Crippen LogP contribution >= 0.6 is 11.8 Å². The number of carboxylic acids is 1. The number of carboxylic acid groups (broad SMARTS) is 1. The van der Waals surface area contributed by atoms with Crippen molar-refractivity contribution in [1.29, 1.82) is 0 Å². The minimum Gasteiger partial charge on any atom is -0.475 e. The third-order valence-corrected chi connectivity index (χ3v) is 3.95. The van der Waals surface area contributed by atoms with Crippen molar-refractivity contribution in [2.24, 2.45) is 0 Å². The van der Waals surface area contributed by atoms with Crippen LogP contribution in [0.1, 0.15) is 28.8 Å². The van der Waals surface area contributed by atoms with E-state index in [1.807, 2.05) is 24.3 Å². The van der Waals surface area contributed by atoms with Gasteiger partial charge in [-0.3, -0.25) is 4.79 Å². The maximum absolute atomic E-state index is 11.8. The number of aromatic carboxylic acids is 1. The maximum Gasteiger partial charge on any atom is 0.371 e. The normalized spacial score (nSPS) is 10.4. The van der Waals surface area contributed by atoms with Gasteiger partial charge in [0.2, 0.25) is 11.7 Å². The molecule has 0 fully saturated rings. The van der Waals surface area contributed by atoms with Gasteiger partial charge in [-0.05, 0) is 36.2 Å². The van der Waals surface area contributed by atoms with Crippen molar-refractivity contribution in [3.8, 4) is 0 Å². The van der Waals surface area contributed by atoms with E-state index in [-0.39, 0.29) is 17.4 Å². The number of anilines is 1. The van der Waals surface area contributed by atoms with Crippen LogP contribution in [0.2, 0.25) is 0 Å². The third kappa shape index (κ3) is 4.66. The van der Waals surface area contributed by atoms with Crippen LogP contribution in [0, 0.1) is 0 Å². The fourth-order valence-corrected chi connectivity index (χ4v) is 2.55. The molecular weight excluding hydrogens is 302 g/mol. The number of furan rings is 1. The van der Waals surface area contributed by atoms with Crippen LogP contribution in [0.4, 0.5) is 5.69 Å². The summed E-state index contributed by atoms with van der Waals surface area (Å²) >= 11 is 1.37. The van der Waals surface area contributed by atoms with Crippen molar-refractivity contribution in [2.75, 3.05) is 11.1 Å². The van der Waals surface area contributed by atoms with Crippen molar-refractivity contribution in [3.63, 3.8) is 0 Å². The van der Waals surface area contributed by atoms with Gasteiger partial charge in [0.25, 0.3) is 0 Å². The van der Waals surface area contributed by atoms with E-state index in [2.05, 4.69) is 12.2 Å². The van der Waals surface area contributed by atoms with Crippen LogP contribution in [0.15, 0.2) is 40.8 Å². The van der Waals surface area contributed by atoms with E-state index in [0.717, 1.165) is 12.1 Å². The van der Waals surface area contributed by atoms with Crippen LogP contribution < -0.4 is 5.32 Å². The van der Waals surface area contributed by atoms with Gasteiger partial charge in [0.05, 0.1) is 11.5 Å². The monoisotopic (exact) mass is 319 g/mol. The number of hydrogen-bond acceptors (Lipinski definition) is 4. The van der Waals surface area contributed by atoms with Crippen LogP contribution in [-0.2, 0) is 17.0 Å². The number of amides is 1. The highest BCUT2D eigenvalue weighted by Gasteiger charge is 2.09. The molecule has 2 N–H and O–H groups in total. The summed E-state index contributed by atoms with van der Waals surface area (Å²) in [6, 6.07) is 10.8. The second-order valence-corrected chi connectivity index (χ2v) is 5.65. The van der Waals surface area contributed by atoms with E-state index >= 15 is 0 Å². The second kappa shape index (κ2) is 7.70. The average Bonchev–Trinajstić information content (AvgIpc) is 2.97. The Hall–Kier alpha value is -2.21. The van der Waals surface area contributed by atoms with Crippen molar-refractivity contribution >= 4 is 29.3 Å². The first kappa shape index (κ1) is 16.2. The van der Waals surface area contributed by atoms with Gasteiger partial charge in [-0.15, -0.1) is 11.8 Å². The van der Waals surface area contributed by atoms with Gasteiger partial charge in [-0.1, -0.05) is 19.1 Å². The Bertz CT molecular complexity index is 648. The molecule has 0 unspecified atom stereocenters. The fraction of sp³-hybridized carbons (Fsp3) is 0.250. The maximum atomic E-state index is 11.8. The minimum atomic E-state index is -1.09. The molecule has 0 bridgehead atoms. The van der Waals surface area contributed by atoms with Gasteiger partial charge in [0.15, 0.2) is 0 Å². The molecular formula is C16H17NO4S. The first-order chi connectivity index (χ1) is 10.6. The van der Waals surface area contributed by atoms with Gasteiger partial charge in [-0.2, -0.15) is 0 Å². The molecule has 0 aliphatic carbocycles. The lowest BCUT2D eigenvalue weighted by Crippen LogP contribution is -2.14. The molecule has 22 heavy (non-hydrogen) atoms.